The topological polar surface area (TPSA) is 358 Å². The number of aromatic nitrogens is 2. The van der Waals surface area contributed by atoms with Gasteiger partial charge in [0.1, 0.15) is 23.9 Å². The van der Waals surface area contributed by atoms with Crippen molar-refractivity contribution in [1.82, 2.24) is 9.55 Å². The number of aromatic amines is 1. The van der Waals surface area contributed by atoms with E-state index in [1.807, 2.05) is 4.98 Å². The van der Waals surface area contributed by atoms with E-state index in [0.717, 1.165) is 10.8 Å². The number of phosphoric acid groups is 3. The van der Waals surface area contributed by atoms with Crippen molar-refractivity contribution in [2.45, 2.75) is 24.5 Å². The molecule has 13 N–H and O–H groups in total. The molecule has 1 saturated heterocycles. The van der Waals surface area contributed by atoms with Crippen LogP contribution >= 0.6 is 23.5 Å². The van der Waals surface area contributed by atoms with Crippen molar-refractivity contribution in [1.29, 1.82) is 0 Å². The number of nitrogens with zero attached hydrogens (tertiary/aromatic N) is 1. The number of hydrogen-bond donors (Lipinski definition) is 13. The minimum absolute atomic E-state index is 0.114. The van der Waals surface area contributed by atoms with E-state index in [0.29, 0.717) is 0 Å². The van der Waals surface area contributed by atoms with E-state index in [9.17, 15) is 19.8 Å². The Morgan fingerprint density at radius 3 is 1.59 bits per heavy atom. The molecule has 34 heavy (non-hydrogen) atoms. The van der Waals surface area contributed by atoms with Crippen LogP contribution in [0.1, 0.15) is 11.8 Å². The van der Waals surface area contributed by atoms with Gasteiger partial charge in [-0.1, -0.05) is 5.92 Å². The molecule has 0 bridgehead atoms. The van der Waals surface area contributed by atoms with Crippen molar-refractivity contribution in [3.05, 3.63) is 32.6 Å². The first-order chi connectivity index (χ1) is 15.0. The van der Waals surface area contributed by atoms with Gasteiger partial charge in [-0.15, -0.1) is 6.42 Å². The van der Waals surface area contributed by atoms with E-state index < -0.39 is 65.9 Å². The molecule has 20 nitrogen and oxygen atoms in total. The summed E-state index contributed by atoms with van der Waals surface area (Å²) in [5, 5.41) is 28.3. The van der Waals surface area contributed by atoms with E-state index in [-0.39, 0.29) is 5.56 Å². The van der Waals surface area contributed by atoms with Gasteiger partial charge in [0.2, 0.25) is 0 Å². The maximum Gasteiger partial charge on any atom is 0.466 e. The number of nitrogens with one attached hydrogen (secondary N) is 1. The monoisotopic (exact) mass is 562 g/mol. The summed E-state index contributed by atoms with van der Waals surface area (Å²) in [6, 6.07) is 0. The van der Waals surface area contributed by atoms with E-state index >= 15 is 0 Å². The molecule has 2 heterocycles. The Labute approximate surface area is 187 Å². The van der Waals surface area contributed by atoms with Crippen LogP contribution in [0.3, 0.4) is 0 Å². The van der Waals surface area contributed by atoms with Gasteiger partial charge in [-0.2, -0.15) is 0 Å². The van der Waals surface area contributed by atoms with E-state index in [2.05, 4.69) is 5.92 Å². The molecule has 0 aliphatic carbocycles. The Balaban J connectivity index is 0. The number of terminal acetylenes is 1. The summed E-state index contributed by atoms with van der Waals surface area (Å²) in [4.78, 5) is 89.6. The maximum atomic E-state index is 11.6. The van der Waals surface area contributed by atoms with Gasteiger partial charge in [-0.25, -0.2) is 18.5 Å². The molecule has 23 heteroatoms. The first kappa shape index (κ1) is 34.6. The van der Waals surface area contributed by atoms with Crippen LogP contribution in [0.2, 0.25) is 0 Å². The summed E-state index contributed by atoms with van der Waals surface area (Å²) in [5.41, 5.74) is -1.67. The molecule has 0 aromatic carbocycles. The molecule has 0 saturated carbocycles. The van der Waals surface area contributed by atoms with Crippen LogP contribution in [-0.2, 0) is 18.4 Å². The summed E-state index contributed by atoms with van der Waals surface area (Å²) in [7, 11) is -13.9. The number of hydrogen-bond acceptors (Lipinski definition) is 9. The Morgan fingerprint density at radius 1 is 0.912 bits per heavy atom. The van der Waals surface area contributed by atoms with Gasteiger partial charge in [0.05, 0.1) is 6.61 Å². The number of rotatable bonds is 2. The predicted octanol–water partition coefficient (Wildman–Crippen LogP) is -5.66. The molecule has 1 fully saturated rings. The quantitative estimate of drug-likeness (QED) is 0.118. The zero-order chi connectivity index (χ0) is 27.7. The Bertz CT molecular complexity index is 1000. The largest absolute Gasteiger partial charge is 0.466 e. The van der Waals surface area contributed by atoms with Gasteiger partial charge >= 0.3 is 29.2 Å². The van der Waals surface area contributed by atoms with Crippen LogP contribution in [-0.4, -0.2) is 93.8 Å². The predicted molar refractivity (Wildman–Crippen MR) is 105 cm³/mol. The molecule has 198 valence electrons. The minimum Gasteiger partial charge on any atom is -0.394 e. The third-order valence-corrected chi connectivity index (χ3v) is 2.91. The lowest BCUT2D eigenvalue weighted by Gasteiger charge is -2.17. The number of aliphatic hydroxyl groups excluding tert-OH is 3. The zero-order valence-corrected chi connectivity index (χ0v) is 19.0. The molecule has 0 spiro atoms. The average molecular weight is 562 g/mol. The Kier molecular flexibility index (Phi) is 14.3. The summed E-state index contributed by atoms with van der Waals surface area (Å²) in [6.45, 7) is -0.519. The lowest BCUT2D eigenvalue weighted by Crippen LogP contribution is -2.38. The molecule has 1 aliphatic heterocycles. The van der Waals surface area contributed by atoms with Gasteiger partial charge in [-0.3, -0.25) is 14.3 Å². The fraction of sp³-hybridized carbons (Fsp3) is 0.455. The Hall–Kier alpha value is -1.59. The van der Waals surface area contributed by atoms with Crippen molar-refractivity contribution in [2.24, 2.45) is 0 Å². The molecule has 1 aliphatic rings. The highest BCUT2D eigenvalue weighted by molar-refractivity contribution is 7.45. The molecule has 1 aromatic heterocycles. The van der Waals surface area contributed by atoms with Crippen LogP contribution in [0.25, 0.3) is 0 Å². The summed E-state index contributed by atoms with van der Waals surface area (Å²) in [5.74, 6) is 2.09. The van der Waals surface area contributed by atoms with Crippen LogP contribution in [0.5, 0.6) is 0 Å². The average Bonchev–Trinajstić information content (AvgIpc) is 2.86. The maximum absolute atomic E-state index is 11.6. The fourth-order valence-electron chi connectivity index (χ4n) is 1.89. The van der Waals surface area contributed by atoms with Crippen LogP contribution in [0, 0.1) is 12.3 Å². The van der Waals surface area contributed by atoms with Gasteiger partial charge in [0, 0.05) is 6.20 Å². The lowest BCUT2D eigenvalue weighted by molar-refractivity contribution is -0.0550. The molecule has 2 rings (SSSR count). The van der Waals surface area contributed by atoms with Crippen LogP contribution in [0.15, 0.2) is 15.8 Å². The molecule has 0 unspecified atom stereocenters. The van der Waals surface area contributed by atoms with Gasteiger partial charge < -0.3 is 64.1 Å². The second-order valence-electron chi connectivity index (χ2n) is 5.62. The number of aliphatic hydroxyl groups is 3. The molecule has 1 aromatic rings. The second kappa shape index (κ2) is 14.1. The first-order valence-corrected chi connectivity index (χ1v) is 12.5. The summed E-state index contributed by atoms with van der Waals surface area (Å²) < 4.78 is 32.7. The minimum atomic E-state index is -4.64. The van der Waals surface area contributed by atoms with Crippen LogP contribution in [0.4, 0.5) is 0 Å². The van der Waals surface area contributed by atoms with Gasteiger partial charge in [0.15, 0.2) is 6.23 Å². The molecular formula is C11H21N2O18P3. The second-order valence-corrected chi connectivity index (χ2v) is 8.70. The zero-order valence-electron chi connectivity index (χ0n) is 16.3. The molecular weight excluding hydrogens is 541 g/mol. The Morgan fingerprint density at radius 2 is 1.29 bits per heavy atom. The van der Waals surface area contributed by atoms with E-state index in [1.165, 1.54) is 0 Å². The molecule has 4 atom stereocenters. The third kappa shape index (κ3) is 17.8. The number of H-pyrrole nitrogens is 1. The van der Waals surface area contributed by atoms with Crippen molar-refractivity contribution in [3.63, 3.8) is 0 Å². The highest BCUT2D eigenvalue weighted by Crippen LogP contribution is 2.28. The SMILES string of the molecule is C#Cc1cn([C@@H]2O[C@H](CO)[C@@H](O)[C@H]2O)c(=O)[nH]c1=O.O=P(O)(O)O.O=P(O)(O)O.O=P(O)(O)O. The summed E-state index contributed by atoms with van der Waals surface area (Å²) in [6.07, 6.45) is 1.14. The normalized spacial score (nSPS) is 22.1. The highest BCUT2D eigenvalue weighted by Gasteiger charge is 2.43. The van der Waals surface area contributed by atoms with Crippen LogP contribution < -0.4 is 11.2 Å². The molecule has 0 radical (unpaired) electrons. The molecule has 0 amide bonds. The summed E-state index contributed by atoms with van der Waals surface area (Å²) >= 11 is 0. The van der Waals surface area contributed by atoms with Gasteiger partial charge in [-0.05, 0) is 0 Å². The van der Waals surface area contributed by atoms with Gasteiger partial charge in [0.25, 0.3) is 5.56 Å². The lowest BCUT2D eigenvalue weighted by atomic mass is 10.1. The van der Waals surface area contributed by atoms with E-state index in [1.54, 1.807) is 0 Å². The number of ether oxygens (including phenoxy) is 1. The smallest absolute Gasteiger partial charge is 0.394 e. The van der Waals surface area contributed by atoms with Crippen molar-refractivity contribution >= 4 is 23.5 Å². The van der Waals surface area contributed by atoms with Crippen molar-refractivity contribution in [2.75, 3.05) is 6.61 Å². The van der Waals surface area contributed by atoms with Crippen molar-refractivity contribution in [3.8, 4) is 12.3 Å². The standard InChI is InChI=1S/C11H12N2O6.3H3O4P/c1-2-5-3-13(11(18)12-9(5)17)10-8(16)7(15)6(4-14)19-10;3*1-5(2,3)4/h1,3,6-8,10,14-16H,4H2,(H,12,17,18);3*(H3,1,2,3,4)/t6-,7-,8-,10-;;;/m1.../s1. The highest BCUT2D eigenvalue weighted by atomic mass is 31.2. The van der Waals surface area contributed by atoms with E-state index in [4.69, 9.17) is 74.0 Å². The van der Waals surface area contributed by atoms with Crippen molar-refractivity contribution < 1.29 is 77.8 Å². The third-order valence-electron chi connectivity index (χ3n) is 2.91. The fourth-order valence-corrected chi connectivity index (χ4v) is 1.89. The first-order valence-electron chi connectivity index (χ1n) is 7.79.